The summed E-state index contributed by atoms with van der Waals surface area (Å²) < 4.78 is 7.44. The Bertz CT molecular complexity index is 1420. The zero-order valence-corrected chi connectivity index (χ0v) is 24.2. The maximum absolute atomic E-state index is 13.1. The number of aryl methyl sites for hydroxylation is 1. The Labute approximate surface area is 235 Å². The number of Topliss-reactive ketones (excluding diaryl/α,β-unsaturated/α-hetero) is 1. The smallest absolute Gasteiger partial charge is 0.410 e. The third-order valence-electron chi connectivity index (χ3n) is 8.69. The van der Waals surface area contributed by atoms with Crippen molar-refractivity contribution in [1.29, 1.82) is 0 Å². The molecule has 9 heteroatoms. The molecule has 5 heterocycles. The molecule has 3 aliphatic rings. The minimum absolute atomic E-state index is 0.0408. The molecule has 2 aliphatic heterocycles. The number of pyridine rings is 2. The molecule has 212 valence electrons. The van der Waals surface area contributed by atoms with Crippen LogP contribution in [0.5, 0.6) is 0 Å². The van der Waals surface area contributed by atoms with E-state index in [1.165, 1.54) is 25.0 Å². The Hall–Kier alpha value is -3.33. The monoisotopic (exact) mass is 544 g/mol. The number of piperidine rings is 1. The van der Waals surface area contributed by atoms with Gasteiger partial charge in [-0.15, -0.1) is 0 Å². The van der Waals surface area contributed by atoms with Crippen LogP contribution >= 0.6 is 0 Å². The highest BCUT2D eigenvalue weighted by Crippen LogP contribution is 2.52. The average Bonchev–Trinajstić information content (AvgIpc) is 3.21. The zero-order chi connectivity index (χ0) is 28.1. The summed E-state index contributed by atoms with van der Waals surface area (Å²) in [6.07, 6.45) is 11.2. The largest absolute Gasteiger partial charge is 0.444 e. The van der Waals surface area contributed by atoms with E-state index in [0.717, 1.165) is 60.2 Å². The summed E-state index contributed by atoms with van der Waals surface area (Å²) in [5.41, 5.74) is 3.53. The highest BCUT2D eigenvalue weighted by Gasteiger charge is 2.55. The molecule has 9 nitrogen and oxygen atoms in total. The maximum atomic E-state index is 13.1. The van der Waals surface area contributed by atoms with Crippen LogP contribution in [-0.4, -0.2) is 73.2 Å². The van der Waals surface area contributed by atoms with E-state index in [4.69, 9.17) is 9.72 Å². The van der Waals surface area contributed by atoms with Crippen LogP contribution in [0.15, 0.2) is 30.7 Å². The van der Waals surface area contributed by atoms with E-state index in [1.54, 1.807) is 4.90 Å². The molecule has 0 aromatic carbocycles. The van der Waals surface area contributed by atoms with Crippen molar-refractivity contribution >= 4 is 22.6 Å². The van der Waals surface area contributed by atoms with Gasteiger partial charge in [0, 0.05) is 73.5 Å². The van der Waals surface area contributed by atoms with Crippen LogP contribution in [-0.2, 0) is 29.5 Å². The van der Waals surface area contributed by atoms with Crippen molar-refractivity contribution < 1.29 is 14.3 Å². The predicted molar refractivity (Wildman–Crippen MR) is 153 cm³/mol. The quantitative estimate of drug-likeness (QED) is 0.441. The summed E-state index contributed by atoms with van der Waals surface area (Å²) >= 11 is 0. The molecule has 3 fully saturated rings. The molecule has 1 spiro atoms. The number of fused-ring (bicyclic) bond motifs is 1. The van der Waals surface area contributed by atoms with E-state index in [9.17, 15) is 9.59 Å². The zero-order valence-electron chi connectivity index (χ0n) is 24.2. The van der Waals surface area contributed by atoms with Gasteiger partial charge in [-0.05, 0) is 77.1 Å². The second-order valence-electron chi connectivity index (χ2n) is 13.1. The lowest BCUT2D eigenvalue weighted by Crippen LogP contribution is -2.65. The standard InChI is InChI=1S/C31H40N6O3/c1-30(2,3)40-29(39)37-19-31(20-37)13-22(14-31)28(38)12-24-10-21-11-26(33-16-23(21)15-32-24)25-17-34-35(4)27(25)18-36-8-6-5-7-9-36/h10-11,15-17,22H,5-9,12-14,18-20H2,1-4H3. The van der Waals surface area contributed by atoms with E-state index < -0.39 is 5.60 Å². The van der Waals surface area contributed by atoms with Crippen molar-refractivity contribution in [1.82, 2.24) is 29.5 Å². The highest BCUT2D eigenvalue weighted by atomic mass is 16.6. The second-order valence-corrected chi connectivity index (χ2v) is 13.1. The molecule has 0 atom stereocenters. The van der Waals surface area contributed by atoms with Gasteiger partial charge in [-0.1, -0.05) is 6.42 Å². The second kappa shape index (κ2) is 10.3. The Morgan fingerprint density at radius 3 is 2.45 bits per heavy atom. The molecule has 1 saturated carbocycles. The van der Waals surface area contributed by atoms with Crippen LogP contribution in [0.4, 0.5) is 4.79 Å². The summed E-state index contributed by atoms with van der Waals surface area (Å²) in [6, 6.07) is 4.13. The van der Waals surface area contributed by atoms with E-state index >= 15 is 0 Å². The minimum Gasteiger partial charge on any atom is -0.444 e. The fourth-order valence-corrected chi connectivity index (χ4v) is 6.53. The number of hydrogen-bond donors (Lipinski definition) is 0. The van der Waals surface area contributed by atoms with Gasteiger partial charge in [0.25, 0.3) is 0 Å². The third-order valence-corrected chi connectivity index (χ3v) is 8.69. The van der Waals surface area contributed by atoms with Crippen molar-refractivity contribution in [3.8, 4) is 11.3 Å². The number of hydrogen-bond acceptors (Lipinski definition) is 7. The minimum atomic E-state index is -0.491. The summed E-state index contributed by atoms with van der Waals surface area (Å²) in [4.78, 5) is 39.0. The maximum Gasteiger partial charge on any atom is 0.410 e. The number of carbonyl (C=O) groups is 2. The number of likely N-dealkylation sites (tertiary alicyclic amines) is 2. The summed E-state index contributed by atoms with van der Waals surface area (Å²) in [6.45, 7) is 10.1. The number of nitrogens with zero attached hydrogens (tertiary/aromatic N) is 6. The molecule has 2 saturated heterocycles. The molecule has 40 heavy (non-hydrogen) atoms. The van der Waals surface area contributed by atoms with Crippen LogP contribution < -0.4 is 0 Å². The Morgan fingerprint density at radius 2 is 1.73 bits per heavy atom. The average molecular weight is 545 g/mol. The van der Waals surface area contributed by atoms with Crippen LogP contribution in [0.1, 0.15) is 64.3 Å². The number of amides is 1. The van der Waals surface area contributed by atoms with Gasteiger partial charge in [0.05, 0.1) is 17.6 Å². The van der Waals surface area contributed by atoms with E-state index in [1.807, 2.05) is 57.2 Å². The van der Waals surface area contributed by atoms with Crippen LogP contribution in [0, 0.1) is 11.3 Å². The molecular weight excluding hydrogens is 504 g/mol. The molecule has 0 unspecified atom stereocenters. The lowest BCUT2D eigenvalue weighted by molar-refractivity contribution is -0.140. The van der Waals surface area contributed by atoms with E-state index in [-0.39, 0.29) is 23.2 Å². The molecule has 0 N–H and O–H groups in total. The molecule has 1 aliphatic carbocycles. The first kappa shape index (κ1) is 26.9. The lowest BCUT2D eigenvalue weighted by atomic mass is 9.56. The van der Waals surface area contributed by atoms with Gasteiger partial charge in [0.15, 0.2) is 0 Å². The Balaban J connectivity index is 1.09. The van der Waals surface area contributed by atoms with Crippen molar-refractivity contribution in [3.05, 3.63) is 42.1 Å². The van der Waals surface area contributed by atoms with Crippen molar-refractivity contribution in [2.24, 2.45) is 18.4 Å². The first-order valence-corrected chi connectivity index (χ1v) is 14.6. The molecular formula is C31H40N6O3. The molecule has 1 amide bonds. The molecule has 0 bridgehead atoms. The fraction of sp³-hybridized carbons (Fsp3) is 0.581. The van der Waals surface area contributed by atoms with Gasteiger partial charge >= 0.3 is 6.09 Å². The van der Waals surface area contributed by atoms with E-state index in [0.29, 0.717) is 19.5 Å². The highest BCUT2D eigenvalue weighted by molar-refractivity contribution is 5.88. The normalized spacial score (nSPS) is 19.4. The topological polar surface area (TPSA) is 93.5 Å². The van der Waals surface area contributed by atoms with E-state index in [2.05, 4.69) is 21.0 Å². The van der Waals surface area contributed by atoms with Gasteiger partial charge in [-0.2, -0.15) is 5.10 Å². The predicted octanol–water partition coefficient (Wildman–Crippen LogP) is 4.77. The van der Waals surface area contributed by atoms with Gasteiger partial charge in [0.1, 0.15) is 11.4 Å². The molecule has 3 aromatic rings. The van der Waals surface area contributed by atoms with Crippen LogP contribution in [0.3, 0.4) is 0 Å². The first-order chi connectivity index (χ1) is 19.1. The Morgan fingerprint density at radius 1 is 1.00 bits per heavy atom. The lowest BCUT2D eigenvalue weighted by Gasteiger charge is -2.58. The van der Waals surface area contributed by atoms with Crippen molar-refractivity contribution in [3.63, 3.8) is 0 Å². The SMILES string of the molecule is Cn1ncc(-c2cc3cc(CC(=O)C4CC5(C4)CN(C(=O)OC(C)(C)C)C5)ncc3cn2)c1CN1CCCCC1. The van der Waals surface area contributed by atoms with Crippen molar-refractivity contribution in [2.45, 2.75) is 71.4 Å². The van der Waals surface area contributed by atoms with Gasteiger partial charge < -0.3 is 9.64 Å². The number of ether oxygens (including phenoxy) is 1. The third kappa shape index (κ3) is 5.48. The molecule has 6 rings (SSSR count). The fourth-order valence-electron chi connectivity index (χ4n) is 6.53. The van der Waals surface area contributed by atoms with Gasteiger partial charge in [-0.25, -0.2) is 4.79 Å². The van der Waals surface area contributed by atoms with Gasteiger partial charge in [-0.3, -0.25) is 24.3 Å². The number of carbonyl (C=O) groups excluding carboxylic acids is 2. The summed E-state index contributed by atoms with van der Waals surface area (Å²) in [7, 11) is 2.00. The summed E-state index contributed by atoms with van der Waals surface area (Å²) in [5.74, 6) is 0.276. The first-order valence-electron chi connectivity index (χ1n) is 14.6. The van der Waals surface area contributed by atoms with Gasteiger partial charge in [0.2, 0.25) is 0 Å². The molecule has 0 radical (unpaired) electrons. The molecule has 3 aromatic heterocycles. The Kier molecular flexibility index (Phi) is 6.89. The number of rotatable bonds is 6. The number of aromatic nitrogens is 4. The number of ketones is 1. The van der Waals surface area contributed by atoms with Crippen molar-refractivity contribution in [2.75, 3.05) is 26.2 Å². The summed E-state index contributed by atoms with van der Waals surface area (Å²) in [5, 5.41) is 6.54. The van der Waals surface area contributed by atoms with Crippen LogP contribution in [0.25, 0.3) is 22.0 Å². The van der Waals surface area contributed by atoms with Crippen LogP contribution in [0.2, 0.25) is 0 Å².